The lowest BCUT2D eigenvalue weighted by Gasteiger charge is -2.17. The molecule has 27 heavy (non-hydrogen) atoms. The molecule has 148 valence electrons. The van der Waals surface area contributed by atoms with Crippen molar-refractivity contribution in [3.8, 4) is 11.5 Å². The van der Waals surface area contributed by atoms with E-state index in [-0.39, 0.29) is 23.7 Å². The number of hydrogen-bond donors (Lipinski definition) is 1. The number of benzene rings is 1. The van der Waals surface area contributed by atoms with Crippen LogP contribution in [0.15, 0.2) is 35.7 Å². The van der Waals surface area contributed by atoms with Crippen molar-refractivity contribution in [2.75, 3.05) is 7.11 Å². The summed E-state index contributed by atoms with van der Waals surface area (Å²) in [5, 5.41) is 0.0205. The molecule has 2 aromatic rings. The van der Waals surface area contributed by atoms with E-state index in [9.17, 15) is 8.42 Å². The summed E-state index contributed by atoms with van der Waals surface area (Å²) in [5.74, 6) is 1.31. The maximum atomic E-state index is 12.5. The second-order valence-electron chi connectivity index (χ2n) is 7.09. The molecule has 0 radical (unpaired) electrons. The van der Waals surface area contributed by atoms with Gasteiger partial charge in [-0.2, -0.15) is 0 Å². The molecular weight excluding hydrogens is 366 g/mol. The van der Waals surface area contributed by atoms with E-state index in [4.69, 9.17) is 9.47 Å². The molecule has 0 amide bonds. The van der Waals surface area contributed by atoms with Crippen LogP contribution in [0.25, 0.3) is 0 Å². The smallest absolute Gasteiger partial charge is 0.259 e. The molecule has 0 bridgehead atoms. The average Bonchev–Trinajstić information content (AvgIpc) is 3.32. The number of rotatable bonds is 8. The quantitative estimate of drug-likeness (QED) is 0.744. The first kappa shape index (κ1) is 19.7. The zero-order valence-corrected chi connectivity index (χ0v) is 16.8. The second kappa shape index (κ2) is 8.31. The van der Waals surface area contributed by atoms with E-state index in [0.29, 0.717) is 11.5 Å². The monoisotopic (exact) mass is 393 g/mol. The Morgan fingerprint density at radius 2 is 2.00 bits per heavy atom. The summed E-state index contributed by atoms with van der Waals surface area (Å²) in [6.45, 7) is 4.09. The summed E-state index contributed by atoms with van der Waals surface area (Å²) >= 11 is 0. The summed E-state index contributed by atoms with van der Waals surface area (Å²) in [4.78, 5) is 4.00. The highest BCUT2D eigenvalue weighted by Crippen LogP contribution is 2.32. The fourth-order valence-electron chi connectivity index (χ4n) is 3.10. The number of methoxy groups -OCH3 is 1. The number of nitrogens with zero attached hydrogens (tertiary/aromatic N) is 2. The lowest BCUT2D eigenvalue weighted by Crippen LogP contribution is -2.23. The third-order valence-electron chi connectivity index (χ3n) is 4.74. The molecule has 1 heterocycles. The van der Waals surface area contributed by atoms with Crippen molar-refractivity contribution in [1.29, 1.82) is 0 Å². The van der Waals surface area contributed by atoms with Crippen LogP contribution in [0.3, 0.4) is 0 Å². The Labute approximate surface area is 160 Å². The third-order valence-corrected chi connectivity index (χ3v) is 6.03. The summed E-state index contributed by atoms with van der Waals surface area (Å²) in [7, 11) is -2.07. The van der Waals surface area contributed by atoms with Crippen LogP contribution in [-0.2, 0) is 16.6 Å². The maximum absolute atomic E-state index is 12.5. The lowest BCUT2D eigenvalue weighted by molar-refractivity contribution is 0.200. The van der Waals surface area contributed by atoms with E-state index < -0.39 is 10.0 Å². The second-order valence-corrected chi connectivity index (χ2v) is 8.80. The zero-order chi connectivity index (χ0) is 19.4. The highest BCUT2D eigenvalue weighted by molar-refractivity contribution is 7.89. The van der Waals surface area contributed by atoms with E-state index in [1.54, 1.807) is 17.7 Å². The van der Waals surface area contributed by atoms with Gasteiger partial charge in [0.1, 0.15) is 0 Å². The van der Waals surface area contributed by atoms with Gasteiger partial charge >= 0.3 is 0 Å². The normalized spacial score (nSPS) is 15.4. The Bertz CT molecular complexity index is 871. The predicted octanol–water partition coefficient (Wildman–Crippen LogP) is 3.27. The van der Waals surface area contributed by atoms with Crippen LogP contribution >= 0.6 is 0 Å². The van der Waals surface area contributed by atoms with Crippen molar-refractivity contribution in [2.24, 2.45) is 0 Å². The van der Waals surface area contributed by atoms with Crippen molar-refractivity contribution in [1.82, 2.24) is 14.3 Å². The molecule has 1 N–H and O–H groups in total. The first-order valence-corrected chi connectivity index (χ1v) is 10.7. The van der Waals surface area contributed by atoms with Crippen molar-refractivity contribution in [3.05, 3.63) is 36.3 Å². The van der Waals surface area contributed by atoms with Crippen LogP contribution in [0.5, 0.6) is 11.5 Å². The first-order valence-electron chi connectivity index (χ1n) is 9.26. The van der Waals surface area contributed by atoms with Crippen LogP contribution in [0.1, 0.15) is 51.1 Å². The van der Waals surface area contributed by atoms with Gasteiger partial charge in [-0.3, -0.25) is 0 Å². The molecule has 7 nitrogen and oxygen atoms in total. The molecule has 3 rings (SSSR count). The highest BCUT2D eigenvalue weighted by Gasteiger charge is 2.20. The van der Waals surface area contributed by atoms with Crippen molar-refractivity contribution in [3.63, 3.8) is 0 Å². The molecule has 8 heteroatoms. The Morgan fingerprint density at radius 1 is 1.26 bits per heavy atom. The minimum absolute atomic E-state index is 0.0205. The third kappa shape index (κ3) is 4.81. The van der Waals surface area contributed by atoms with Gasteiger partial charge < -0.3 is 14.0 Å². The highest BCUT2D eigenvalue weighted by atomic mass is 32.2. The van der Waals surface area contributed by atoms with Crippen LogP contribution in [0.2, 0.25) is 0 Å². The van der Waals surface area contributed by atoms with Gasteiger partial charge in [-0.25, -0.2) is 18.1 Å². The van der Waals surface area contributed by atoms with Gasteiger partial charge in [0.25, 0.3) is 10.0 Å². The van der Waals surface area contributed by atoms with Gasteiger partial charge in [0.2, 0.25) is 0 Å². The minimum atomic E-state index is -3.68. The molecule has 1 fully saturated rings. The van der Waals surface area contributed by atoms with Gasteiger partial charge in [-0.1, -0.05) is 6.07 Å². The zero-order valence-electron chi connectivity index (χ0n) is 16.0. The fourth-order valence-corrected chi connectivity index (χ4v) is 4.05. The Kier molecular flexibility index (Phi) is 6.06. The maximum Gasteiger partial charge on any atom is 0.259 e. The molecule has 1 aliphatic rings. The molecule has 0 atom stereocenters. The van der Waals surface area contributed by atoms with Crippen molar-refractivity contribution >= 4 is 10.0 Å². The number of ether oxygens (including phenoxy) is 2. The molecule has 1 aliphatic carbocycles. The van der Waals surface area contributed by atoms with Crippen LogP contribution < -0.4 is 14.2 Å². The molecule has 0 unspecified atom stereocenters. The van der Waals surface area contributed by atoms with E-state index in [2.05, 4.69) is 9.71 Å². The predicted molar refractivity (Wildman–Crippen MR) is 103 cm³/mol. The molecular formula is C19H27N3O4S. The number of hydrogen-bond acceptors (Lipinski definition) is 5. The lowest BCUT2D eigenvalue weighted by atomic mass is 10.2. The van der Waals surface area contributed by atoms with Gasteiger partial charge in [0.05, 0.1) is 19.5 Å². The van der Waals surface area contributed by atoms with Crippen LogP contribution in [0.4, 0.5) is 0 Å². The van der Waals surface area contributed by atoms with Crippen LogP contribution in [-0.4, -0.2) is 31.2 Å². The van der Waals surface area contributed by atoms with Gasteiger partial charge in [0.15, 0.2) is 16.5 Å². The van der Waals surface area contributed by atoms with E-state index in [1.165, 1.54) is 25.4 Å². The molecule has 0 aliphatic heterocycles. The van der Waals surface area contributed by atoms with Gasteiger partial charge in [-0.05, 0) is 57.2 Å². The van der Waals surface area contributed by atoms with E-state index >= 15 is 0 Å². The molecule has 1 saturated carbocycles. The van der Waals surface area contributed by atoms with Gasteiger partial charge in [0, 0.05) is 18.8 Å². The standard InChI is InChI=1S/C19H27N3O4S/c1-14(2)22-12-19(20-13-22)27(23,24)21-11-15-8-9-17(25-3)18(10-15)26-16-6-4-5-7-16/h8-10,12-14,16,21H,4-7,11H2,1-3H3. The number of nitrogens with one attached hydrogen (secondary N) is 1. The molecule has 1 aromatic heterocycles. The van der Waals surface area contributed by atoms with E-state index in [0.717, 1.165) is 18.4 Å². The van der Waals surface area contributed by atoms with Crippen molar-refractivity contribution < 1.29 is 17.9 Å². The molecule has 1 aromatic carbocycles. The summed E-state index contributed by atoms with van der Waals surface area (Å²) < 4.78 is 40.8. The fraction of sp³-hybridized carbons (Fsp3) is 0.526. The Morgan fingerprint density at radius 3 is 2.63 bits per heavy atom. The minimum Gasteiger partial charge on any atom is -0.493 e. The average molecular weight is 394 g/mol. The van der Waals surface area contributed by atoms with Gasteiger partial charge in [-0.15, -0.1) is 0 Å². The number of sulfonamides is 1. The number of imidazole rings is 1. The van der Waals surface area contributed by atoms with E-state index in [1.807, 2.05) is 26.0 Å². The van der Waals surface area contributed by atoms with Crippen molar-refractivity contribution in [2.45, 2.75) is 63.2 Å². The topological polar surface area (TPSA) is 82.5 Å². The molecule has 0 saturated heterocycles. The SMILES string of the molecule is COc1ccc(CNS(=O)(=O)c2cn(C(C)C)cn2)cc1OC1CCCC1. The van der Waals surface area contributed by atoms with Crippen LogP contribution in [0, 0.1) is 0 Å². The summed E-state index contributed by atoms with van der Waals surface area (Å²) in [6, 6.07) is 5.63. The first-order chi connectivity index (χ1) is 12.9. The Hall–Kier alpha value is -2.06. The summed E-state index contributed by atoms with van der Waals surface area (Å²) in [6.07, 6.45) is 7.70. The molecule has 0 spiro atoms. The summed E-state index contributed by atoms with van der Waals surface area (Å²) in [5.41, 5.74) is 0.802. The largest absolute Gasteiger partial charge is 0.493 e. The number of aromatic nitrogens is 2. The Balaban J connectivity index is 1.70.